The molecule has 0 aromatic heterocycles. The maximum Gasteiger partial charge on any atom is 0.416 e. The van der Waals surface area contributed by atoms with Crippen LogP contribution in [0, 0.1) is 11.3 Å². The molecule has 2 N–H and O–H groups in total. The van der Waals surface area contributed by atoms with Gasteiger partial charge in [0.2, 0.25) is 5.91 Å². The van der Waals surface area contributed by atoms with E-state index >= 15 is 0 Å². The van der Waals surface area contributed by atoms with Gasteiger partial charge in [0.15, 0.2) is 0 Å². The lowest BCUT2D eigenvalue weighted by Gasteiger charge is -2.18. The summed E-state index contributed by atoms with van der Waals surface area (Å²) in [4.78, 5) is 36.8. The number of halogens is 3. The molecule has 31 heavy (non-hydrogen) atoms. The monoisotopic (exact) mass is 438 g/mol. The Hall–Kier alpha value is -2.84. The second-order valence-electron chi connectivity index (χ2n) is 8.02. The smallest absolute Gasteiger partial charge is 0.416 e. The maximum atomic E-state index is 13.3. The van der Waals surface area contributed by atoms with Crippen molar-refractivity contribution < 1.29 is 32.3 Å². The van der Waals surface area contributed by atoms with Gasteiger partial charge in [0, 0.05) is 17.8 Å². The van der Waals surface area contributed by atoms with Crippen molar-refractivity contribution >= 4 is 23.5 Å². The van der Waals surface area contributed by atoms with Crippen LogP contribution in [0.2, 0.25) is 0 Å². The summed E-state index contributed by atoms with van der Waals surface area (Å²) in [5.41, 5.74) is -2.84. The largest absolute Gasteiger partial charge is 0.468 e. The number of rotatable bonds is 7. The Morgan fingerprint density at radius 2 is 1.90 bits per heavy atom. The first-order valence-electron chi connectivity index (χ1n) is 10.2. The Morgan fingerprint density at radius 3 is 2.48 bits per heavy atom. The second kappa shape index (κ2) is 9.11. The van der Waals surface area contributed by atoms with Gasteiger partial charge in [-0.1, -0.05) is 12.2 Å². The van der Waals surface area contributed by atoms with Gasteiger partial charge in [0.25, 0.3) is 5.91 Å². The summed E-state index contributed by atoms with van der Waals surface area (Å²) in [5.74, 6) is -1.68. The molecule has 1 aromatic carbocycles. The van der Waals surface area contributed by atoms with Crippen molar-refractivity contribution in [2.45, 2.75) is 44.7 Å². The van der Waals surface area contributed by atoms with E-state index in [0.717, 1.165) is 44.9 Å². The predicted molar refractivity (Wildman–Crippen MR) is 107 cm³/mol. The van der Waals surface area contributed by atoms with Crippen LogP contribution >= 0.6 is 0 Å². The van der Waals surface area contributed by atoms with Crippen LogP contribution in [-0.4, -0.2) is 31.4 Å². The first-order valence-corrected chi connectivity index (χ1v) is 10.2. The van der Waals surface area contributed by atoms with E-state index in [1.54, 1.807) is 0 Å². The minimum absolute atomic E-state index is 0.197. The number of allylic oxidation sites excluding steroid dienone is 2. The van der Waals surface area contributed by atoms with Crippen LogP contribution < -0.4 is 10.6 Å². The summed E-state index contributed by atoms with van der Waals surface area (Å²) in [6, 6.07) is 2.68. The molecule has 0 bridgehead atoms. The summed E-state index contributed by atoms with van der Waals surface area (Å²) in [6.45, 7) is 0.348. The topological polar surface area (TPSA) is 84.5 Å². The third kappa shape index (κ3) is 5.45. The van der Waals surface area contributed by atoms with Crippen LogP contribution in [0.4, 0.5) is 18.9 Å². The van der Waals surface area contributed by atoms with Gasteiger partial charge in [0.1, 0.15) is 5.41 Å². The zero-order valence-corrected chi connectivity index (χ0v) is 17.2. The van der Waals surface area contributed by atoms with Crippen LogP contribution in [0.15, 0.2) is 30.4 Å². The van der Waals surface area contributed by atoms with E-state index in [4.69, 9.17) is 0 Å². The number of carbonyl (C=O) groups excluding carboxylic acids is 3. The number of carbonyl (C=O) groups is 3. The average Bonchev–Trinajstić information content (AvgIpc) is 3.55. The maximum absolute atomic E-state index is 13.3. The molecule has 1 unspecified atom stereocenters. The van der Waals surface area contributed by atoms with Crippen molar-refractivity contribution in [3.8, 4) is 0 Å². The van der Waals surface area contributed by atoms with E-state index in [0.29, 0.717) is 12.5 Å². The molecule has 9 heteroatoms. The van der Waals surface area contributed by atoms with Crippen molar-refractivity contribution in [2.24, 2.45) is 11.3 Å². The number of nitrogens with one attached hydrogen (secondary N) is 2. The Balaban J connectivity index is 1.72. The molecule has 0 radical (unpaired) electrons. The molecule has 2 aliphatic carbocycles. The van der Waals surface area contributed by atoms with Crippen molar-refractivity contribution in [1.82, 2.24) is 5.32 Å². The molecule has 1 saturated carbocycles. The zero-order valence-electron chi connectivity index (χ0n) is 17.2. The second-order valence-corrected chi connectivity index (χ2v) is 8.02. The quantitative estimate of drug-likeness (QED) is 0.382. The summed E-state index contributed by atoms with van der Waals surface area (Å²) >= 11 is 0. The highest BCUT2D eigenvalue weighted by Crippen LogP contribution is 2.47. The molecule has 2 amide bonds. The third-order valence-corrected chi connectivity index (χ3v) is 5.76. The fraction of sp³-hybridized carbons (Fsp3) is 0.500. The molecule has 0 aliphatic heterocycles. The summed E-state index contributed by atoms with van der Waals surface area (Å²) < 4.78 is 44.7. The Bertz CT molecular complexity index is 891. The first-order chi connectivity index (χ1) is 14.7. The molecule has 168 valence electrons. The molecule has 1 atom stereocenters. The van der Waals surface area contributed by atoms with Gasteiger partial charge >= 0.3 is 12.1 Å². The van der Waals surface area contributed by atoms with Gasteiger partial charge in [-0.25, -0.2) is 0 Å². The summed E-state index contributed by atoms with van der Waals surface area (Å²) in [7, 11) is 1.14. The van der Waals surface area contributed by atoms with Crippen molar-refractivity contribution in [1.29, 1.82) is 0 Å². The highest BCUT2D eigenvalue weighted by molar-refractivity contribution is 6.11. The number of alkyl halides is 3. The average molecular weight is 438 g/mol. The molecule has 2 aliphatic rings. The van der Waals surface area contributed by atoms with E-state index in [-0.39, 0.29) is 24.1 Å². The highest BCUT2D eigenvalue weighted by Gasteiger charge is 2.57. The number of methoxy groups -OCH3 is 1. The zero-order chi connectivity index (χ0) is 22.6. The van der Waals surface area contributed by atoms with E-state index < -0.39 is 34.9 Å². The Kier molecular flexibility index (Phi) is 6.71. The number of ether oxygens (including phenoxy) is 1. The number of anilines is 1. The van der Waals surface area contributed by atoms with Gasteiger partial charge in [-0.3, -0.25) is 14.4 Å². The lowest BCUT2D eigenvalue weighted by Crippen LogP contribution is -2.32. The minimum atomic E-state index is -4.70. The number of hydrogen-bond donors (Lipinski definition) is 2. The van der Waals surface area contributed by atoms with E-state index in [9.17, 15) is 27.6 Å². The van der Waals surface area contributed by atoms with Crippen LogP contribution in [0.1, 0.15) is 54.4 Å². The normalized spacial score (nSPS) is 19.4. The van der Waals surface area contributed by atoms with Crippen LogP contribution in [0.25, 0.3) is 0 Å². The minimum Gasteiger partial charge on any atom is -0.468 e. The molecule has 1 fully saturated rings. The fourth-order valence-electron chi connectivity index (χ4n) is 3.70. The summed E-state index contributed by atoms with van der Waals surface area (Å²) in [6.07, 6.45) is 3.69. The molecular weight excluding hydrogens is 413 g/mol. The van der Waals surface area contributed by atoms with Crippen LogP contribution in [0.3, 0.4) is 0 Å². The van der Waals surface area contributed by atoms with Gasteiger partial charge in [0.05, 0.1) is 12.7 Å². The van der Waals surface area contributed by atoms with Crippen molar-refractivity contribution in [2.75, 3.05) is 19.0 Å². The molecule has 1 aromatic rings. The van der Waals surface area contributed by atoms with Crippen molar-refractivity contribution in [3.05, 3.63) is 41.5 Å². The molecule has 0 spiro atoms. The molecule has 0 saturated heterocycles. The lowest BCUT2D eigenvalue weighted by molar-refractivity contribution is -0.150. The molecule has 3 rings (SSSR count). The third-order valence-electron chi connectivity index (χ3n) is 5.76. The summed E-state index contributed by atoms with van der Waals surface area (Å²) in [5, 5.41) is 5.01. The Morgan fingerprint density at radius 1 is 1.16 bits per heavy atom. The number of benzene rings is 1. The van der Waals surface area contributed by atoms with Gasteiger partial charge in [-0.05, 0) is 62.6 Å². The fourth-order valence-corrected chi connectivity index (χ4v) is 3.70. The SMILES string of the molecule is COC(=O)C1(C(=O)Nc2cc(C(=O)NCCC3CC=CCC3)cc(C(F)(F)F)c2)CC1. The van der Waals surface area contributed by atoms with E-state index in [1.165, 1.54) is 6.07 Å². The molecular formula is C22H25F3N2O4. The van der Waals surface area contributed by atoms with Gasteiger partial charge in [-0.2, -0.15) is 13.2 Å². The van der Waals surface area contributed by atoms with Crippen molar-refractivity contribution in [3.63, 3.8) is 0 Å². The van der Waals surface area contributed by atoms with E-state index in [1.807, 2.05) is 0 Å². The van der Waals surface area contributed by atoms with Gasteiger partial charge in [-0.15, -0.1) is 0 Å². The highest BCUT2D eigenvalue weighted by atomic mass is 19.4. The van der Waals surface area contributed by atoms with E-state index in [2.05, 4.69) is 27.5 Å². The Labute approximate surface area is 178 Å². The first kappa shape index (κ1) is 22.8. The van der Waals surface area contributed by atoms with Crippen LogP contribution in [-0.2, 0) is 20.5 Å². The lowest BCUT2D eigenvalue weighted by atomic mass is 9.91. The number of amides is 2. The number of esters is 1. The number of hydrogen-bond acceptors (Lipinski definition) is 4. The van der Waals surface area contributed by atoms with Gasteiger partial charge < -0.3 is 15.4 Å². The predicted octanol–water partition coefficient (Wildman–Crippen LogP) is 4.07. The van der Waals surface area contributed by atoms with Crippen LogP contribution in [0.5, 0.6) is 0 Å². The molecule has 6 nitrogen and oxygen atoms in total. The molecule has 0 heterocycles. The standard InChI is InChI=1S/C22H25F3N2O4/c1-31-20(30)21(8-9-21)19(29)27-17-12-15(11-16(13-17)22(23,24)25)18(28)26-10-7-14-5-3-2-4-6-14/h2-3,11-14H,4-10H2,1H3,(H,26,28)(H,27,29).